The van der Waals surface area contributed by atoms with Gasteiger partial charge in [-0.2, -0.15) is 0 Å². The van der Waals surface area contributed by atoms with E-state index in [4.69, 9.17) is 4.74 Å². The van der Waals surface area contributed by atoms with Gasteiger partial charge < -0.3 is 4.74 Å². The number of carbonyl (C=O) groups excluding carboxylic acids is 1. The predicted octanol–water partition coefficient (Wildman–Crippen LogP) is 3.93. The van der Waals surface area contributed by atoms with Crippen molar-refractivity contribution in [3.63, 3.8) is 0 Å². The van der Waals surface area contributed by atoms with Gasteiger partial charge in [-0.1, -0.05) is 52.4 Å². The Morgan fingerprint density at radius 3 is 2.88 bits per heavy atom. The van der Waals surface area contributed by atoms with Crippen LogP contribution in [0.5, 0.6) is 0 Å². The number of rotatable bonds is 4. The molecule has 98 valence electrons. The highest BCUT2D eigenvalue weighted by Gasteiger charge is 2.43. The Kier molecular flexibility index (Phi) is 4.47. The van der Waals surface area contributed by atoms with Crippen molar-refractivity contribution in [2.45, 2.75) is 71.3 Å². The molecule has 0 unspecified atom stereocenters. The highest BCUT2D eigenvalue weighted by atomic mass is 16.6. The van der Waals surface area contributed by atoms with Gasteiger partial charge in [-0.3, -0.25) is 4.79 Å². The number of unbranched alkanes of at least 4 members (excludes halogenated alkanes) is 2. The van der Waals surface area contributed by atoms with Gasteiger partial charge in [0, 0.05) is 5.92 Å². The second kappa shape index (κ2) is 5.88. The first kappa shape index (κ1) is 12.9. The minimum atomic E-state index is 0.0502. The zero-order valence-electron chi connectivity index (χ0n) is 11.3. The van der Waals surface area contributed by atoms with E-state index in [1.165, 1.54) is 44.9 Å². The van der Waals surface area contributed by atoms with Crippen molar-refractivity contribution >= 4 is 5.97 Å². The average Bonchev–Trinajstić information content (AvgIpc) is 2.51. The van der Waals surface area contributed by atoms with E-state index < -0.39 is 0 Å². The lowest BCUT2D eigenvalue weighted by Crippen LogP contribution is -2.19. The first-order valence-electron chi connectivity index (χ1n) is 7.42. The number of esters is 1. The van der Waals surface area contributed by atoms with E-state index in [2.05, 4.69) is 6.92 Å². The summed E-state index contributed by atoms with van der Waals surface area (Å²) in [5.41, 5.74) is 0. The third-order valence-corrected chi connectivity index (χ3v) is 4.69. The van der Waals surface area contributed by atoms with Gasteiger partial charge in [0.25, 0.3) is 0 Å². The van der Waals surface area contributed by atoms with Gasteiger partial charge in [0.2, 0.25) is 0 Å². The zero-order valence-corrected chi connectivity index (χ0v) is 11.3. The molecule has 0 radical (unpaired) electrons. The van der Waals surface area contributed by atoms with Crippen molar-refractivity contribution in [3.8, 4) is 0 Å². The van der Waals surface area contributed by atoms with Gasteiger partial charge in [0.05, 0.1) is 5.92 Å². The van der Waals surface area contributed by atoms with Crippen molar-refractivity contribution in [2.24, 2.45) is 17.8 Å². The van der Waals surface area contributed by atoms with Crippen molar-refractivity contribution in [1.29, 1.82) is 0 Å². The lowest BCUT2D eigenvalue weighted by molar-refractivity contribution is -0.144. The fourth-order valence-corrected chi connectivity index (χ4v) is 3.53. The van der Waals surface area contributed by atoms with Crippen molar-refractivity contribution < 1.29 is 9.53 Å². The van der Waals surface area contributed by atoms with Gasteiger partial charge in [-0.05, 0) is 18.8 Å². The third kappa shape index (κ3) is 3.02. The molecule has 17 heavy (non-hydrogen) atoms. The van der Waals surface area contributed by atoms with E-state index in [0.717, 1.165) is 12.3 Å². The average molecular weight is 238 g/mol. The maximum Gasteiger partial charge on any atom is 0.309 e. The van der Waals surface area contributed by atoms with Gasteiger partial charge >= 0.3 is 5.97 Å². The molecule has 0 bridgehead atoms. The van der Waals surface area contributed by atoms with E-state index in [1.807, 2.05) is 6.92 Å². The van der Waals surface area contributed by atoms with Crippen LogP contribution in [0.3, 0.4) is 0 Å². The van der Waals surface area contributed by atoms with Crippen LogP contribution < -0.4 is 0 Å². The third-order valence-electron chi connectivity index (χ3n) is 4.69. The van der Waals surface area contributed by atoms with Gasteiger partial charge in [-0.15, -0.1) is 0 Å². The van der Waals surface area contributed by atoms with Crippen LogP contribution in [-0.2, 0) is 9.53 Å². The SMILES string of the molecule is CCCCC[C@@H]1CCC[C@@H]2[C@@H](C1)OC(=O)[C@@H]2C. The van der Waals surface area contributed by atoms with Crippen LogP contribution in [0.4, 0.5) is 0 Å². The molecule has 2 aliphatic rings. The van der Waals surface area contributed by atoms with Crippen LogP contribution in [0.25, 0.3) is 0 Å². The van der Waals surface area contributed by atoms with Crippen LogP contribution in [-0.4, -0.2) is 12.1 Å². The Balaban J connectivity index is 1.86. The first-order chi connectivity index (χ1) is 8.22. The number of hydrogen-bond acceptors (Lipinski definition) is 2. The molecule has 0 spiro atoms. The zero-order chi connectivity index (χ0) is 12.3. The largest absolute Gasteiger partial charge is 0.462 e. The maximum absolute atomic E-state index is 11.6. The first-order valence-corrected chi connectivity index (χ1v) is 7.42. The normalized spacial score (nSPS) is 37.4. The molecule has 1 aliphatic carbocycles. The Labute approximate surface area is 105 Å². The Bertz CT molecular complexity index is 262. The topological polar surface area (TPSA) is 26.3 Å². The van der Waals surface area contributed by atoms with Crippen LogP contribution in [0.2, 0.25) is 0 Å². The summed E-state index contributed by atoms with van der Waals surface area (Å²) in [5, 5.41) is 0. The van der Waals surface area contributed by atoms with Crippen molar-refractivity contribution in [1.82, 2.24) is 0 Å². The fraction of sp³-hybridized carbons (Fsp3) is 0.933. The Morgan fingerprint density at radius 2 is 2.12 bits per heavy atom. The lowest BCUT2D eigenvalue weighted by atomic mass is 9.87. The molecular weight excluding hydrogens is 212 g/mol. The van der Waals surface area contributed by atoms with E-state index in [0.29, 0.717) is 5.92 Å². The maximum atomic E-state index is 11.6. The quantitative estimate of drug-likeness (QED) is 0.548. The number of carbonyl (C=O) groups is 1. The molecule has 4 atom stereocenters. The fourth-order valence-electron chi connectivity index (χ4n) is 3.53. The second-order valence-corrected chi connectivity index (χ2v) is 5.96. The molecule has 0 amide bonds. The summed E-state index contributed by atoms with van der Waals surface area (Å²) in [6, 6.07) is 0. The number of ether oxygens (including phenoxy) is 1. The molecule has 0 aromatic rings. The van der Waals surface area contributed by atoms with Crippen LogP contribution in [0, 0.1) is 17.8 Å². The number of hydrogen-bond donors (Lipinski definition) is 0. The molecule has 2 fully saturated rings. The molecule has 1 saturated heterocycles. The molecule has 2 nitrogen and oxygen atoms in total. The highest BCUT2D eigenvalue weighted by molar-refractivity contribution is 5.74. The van der Waals surface area contributed by atoms with Gasteiger partial charge in [0.15, 0.2) is 0 Å². The summed E-state index contributed by atoms with van der Waals surface area (Å²) in [4.78, 5) is 11.6. The Hall–Kier alpha value is -0.530. The summed E-state index contributed by atoms with van der Waals surface area (Å²) < 4.78 is 5.56. The number of fused-ring (bicyclic) bond motifs is 1. The molecule has 0 N–H and O–H groups in total. The molecule has 0 aromatic carbocycles. The lowest BCUT2D eigenvalue weighted by Gasteiger charge is -2.19. The molecule has 1 heterocycles. The molecule has 2 heteroatoms. The Morgan fingerprint density at radius 1 is 1.29 bits per heavy atom. The van der Waals surface area contributed by atoms with E-state index in [9.17, 15) is 4.79 Å². The summed E-state index contributed by atoms with van der Waals surface area (Å²) in [7, 11) is 0. The van der Waals surface area contributed by atoms with E-state index in [-0.39, 0.29) is 18.0 Å². The monoisotopic (exact) mass is 238 g/mol. The minimum absolute atomic E-state index is 0.0502. The van der Waals surface area contributed by atoms with Gasteiger partial charge in [-0.25, -0.2) is 0 Å². The van der Waals surface area contributed by atoms with Gasteiger partial charge in [0.1, 0.15) is 6.10 Å². The molecule has 2 rings (SSSR count). The summed E-state index contributed by atoms with van der Waals surface area (Å²) in [5.74, 6) is 1.51. The predicted molar refractivity (Wildman–Crippen MR) is 68.6 cm³/mol. The second-order valence-electron chi connectivity index (χ2n) is 5.96. The van der Waals surface area contributed by atoms with E-state index >= 15 is 0 Å². The smallest absolute Gasteiger partial charge is 0.309 e. The minimum Gasteiger partial charge on any atom is -0.462 e. The summed E-state index contributed by atoms with van der Waals surface area (Å²) in [6.45, 7) is 4.30. The van der Waals surface area contributed by atoms with Crippen LogP contribution >= 0.6 is 0 Å². The van der Waals surface area contributed by atoms with E-state index in [1.54, 1.807) is 0 Å². The van der Waals surface area contributed by atoms with Crippen molar-refractivity contribution in [3.05, 3.63) is 0 Å². The molecule has 0 aromatic heterocycles. The standard InChI is InChI=1S/C15H26O2/c1-3-4-5-7-12-8-6-9-13-11(2)15(16)17-14(13)10-12/h11-14H,3-10H2,1-2H3/t11-,12-,13+,14-/m1/s1. The van der Waals surface area contributed by atoms with Crippen LogP contribution in [0.1, 0.15) is 65.2 Å². The molecular formula is C15H26O2. The van der Waals surface area contributed by atoms with Crippen LogP contribution in [0.15, 0.2) is 0 Å². The summed E-state index contributed by atoms with van der Waals surface area (Å²) in [6.07, 6.45) is 10.5. The molecule has 1 saturated carbocycles. The summed E-state index contributed by atoms with van der Waals surface area (Å²) >= 11 is 0. The highest BCUT2D eigenvalue weighted by Crippen LogP contribution is 2.40. The molecule has 1 aliphatic heterocycles. The van der Waals surface area contributed by atoms with Crippen molar-refractivity contribution in [2.75, 3.05) is 0 Å².